The van der Waals surface area contributed by atoms with Gasteiger partial charge in [-0.15, -0.1) is 0 Å². The third-order valence-corrected chi connectivity index (χ3v) is 11.0. The molecule has 1 aliphatic rings. The summed E-state index contributed by atoms with van der Waals surface area (Å²) < 4.78 is 4.86. The van der Waals surface area contributed by atoms with E-state index in [1.807, 2.05) is 0 Å². The lowest BCUT2D eigenvalue weighted by Crippen LogP contribution is -2.05. The van der Waals surface area contributed by atoms with Gasteiger partial charge in [-0.05, 0) is 87.5 Å². The Bertz CT molecular complexity index is 2840. The van der Waals surface area contributed by atoms with Crippen molar-refractivity contribution < 1.29 is 0 Å². The fraction of sp³-hybridized carbons (Fsp3) is 0.0204. The van der Waals surface area contributed by atoms with Crippen LogP contribution < -0.4 is 0 Å². The standard InChI is InChI=1S/C49H32N2/c1-3-22-42-36(16-1)37-17-2-4-23-43(37)49(42)44-31-34(51-47-26-11-7-20-40(47)41-21-8-12-27-48(41)51)28-29-35(44)32-14-13-15-33(30-32)50-45-24-9-5-18-38(45)39-19-6-10-25-46(39)50/h1-31,49H. The first-order valence-corrected chi connectivity index (χ1v) is 17.7. The van der Waals surface area contributed by atoms with Crippen LogP contribution in [0.1, 0.15) is 22.6 Å². The number of para-hydroxylation sites is 4. The molecule has 0 radical (unpaired) electrons. The van der Waals surface area contributed by atoms with Gasteiger partial charge in [-0.1, -0.05) is 140 Å². The molecule has 2 aromatic heterocycles. The Kier molecular flexibility index (Phi) is 6.05. The van der Waals surface area contributed by atoms with Gasteiger partial charge in [-0.2, -0.15) is 0 Å². The lowest BCUT2D eigenvalue weighted by atomic mass is 9.84. The second kappa shape index (κ2) is 10.9. The van der Waals surface area contributed by atoms with Crippen LogP contribution in [0, 0.1) is 0 Å². The zero-order valence-electron chi connectivity index (χ0n) is 27.9. The molecule has 0 N–H and O–H groups in total. The fourth-order valence-electron chi connectivity index (χ4n) is 8.90. The highest BCUT2D eigenvalue weighted by Gasteiger charge is 2.31. The Morgan fingerprint density at radius 1 is 0.294 bits per heavy atom. The minimum absolute atomic E-state index is 0.0948. The van der Waals surface area contributed by atoms with E-state index in [-0.39, 0.29) is 5.92 Å². The summed E-state index contributed by atoms with van der Waals surface area (Å²) in [6.45, 7) is 0. The molecule has 0 atom stereocenters. The number of aromatic nitrogens is 2. The van der Waals surface area contributed by atoms with E-state index in [0.29, 0.717) is 0 Å². The SMILES string of the molecule is c1cc(-c2ccc(-n3c4ccccc4c4ccccc43)cc2C2c3ccccc3-c3ccccc32)cc(-n2c3ccccc3c3ccccc32)c1. The van der Waals surface area contributed by atoms with Gasteiger partial charge in [0.05, 0.1) is 22.1 Å². The molecule has 51 heavy (non-hydrogen) atoms. The normalized spacial score (nSPS) is 12.6. The van der Waals surface area contributed by atoms with Gasteiger partial charge in [0.2, 0.25) is 0 Å². The summed E-state index contributed by atoms with van der Waals surface area (Å²) in [7, 11) is 0. The van der Waals surface area contributed by atoms with Crippen LogP contribution >= 0.6 is 0 Å². The van der Waals surface area contributed by atoms with Gasteiger partial charge in [0.25, 0.3) is 0 Å². The number of hydrogen-bond acceptors (Lipinski definition) is 0. The number of nitrogens with zero attached hydrogens (tertiary/aromatic N) is 2. The van der Waals surface area contributed by atoms with Crippen molar-refractivity contribution in [1.82, 2.24) is 9.13 Å². The molecular formula is C49H32N2. The van der Waals surface area contributed by atoms with Crippen LogP contribution in [0.15, 0.2) is 188 Å². The molecule has 1 aliphatic carbocycles. The molecule has 10 aromatic rings. The summed E-state index contributed by atoms with van der Waals surface area (Å²) in [4.78, 5) is 0. The van der Waals surface area contributed by atoms with E-state index in [1.165, 1.54) is 88.2 Å². The summed E-state index contributed by atoms with van der Waals surface area (Å²) in [5.74, 6) is 0.0948. The number of rotatable bonds is 4. The molecule has 0 aliphatic heterocycles. The molecule has 238 valence electrons. The quantitative estimate of drug-likeness (QED) is 0.180. The number of benzene rings is 8. The van der Waals surface area contributed by atoms with E-state index in [0.717, 1.165) is 5.69 Å². The van der Waals surface area contributed by atoms with Gasteiger partial charge >= 0.3 is 0 Å². The third-order valence-electron chi connectivity index (χ3n) is 11.0. The van der Waals surface area contributed by atoms with Crippen LogP contribution in [0.3, 0.4) is 0 Å². The lowest BCUT2D eigenvalue weighted by molar-refractivity contribution is 1.01. The Labute approximate surface area is 296 Å². The van der Waals surface area contributed by atoms with E-state index in [2.05, 4.69) is 197 Å². The van der Waals surface area contributed by atoms with Crippen LogP contribution in [0.2, 0.25) is 0 Å². The molecule has 2 heterocycles. The summed E-state index contributed by atoms with van der Waals surface area (Å²) >= 11 is 0. The molecule has 2 heteroatoms. The molecule has 2 nitrogen and oxygen atoms in total. The first-order chi connectivity index (χ1) is 25.3. The van der Waals surface area contributed by atoms with E-state index in [9.17, 15) is 0 Å². The van der Waals surface area contributed by atoms with Crippen molar-refractivity contribution in [3.8, 4) is 33.6 Å². The maximum absolute atomic E-state index is 2.46. The highest BCUT2D eigenvalue weighted by molar-refractivity contribution is 6.10. The van der Waals surface area contributed by atoms with Crippen molar-refractivity contribution in [3.05, 3.63) is 205 Å². The minimum Gasteiger partial charge on any atom is -0.309 e. The largest absolute Gasteiger partial charge is 0.309 e. The first-order valence-electron chi connectivity index (χ1n) is 17.7. The van der Waals surface area contributed by atoms with E-state index in [1.54, 1.807) is 0 Å². The topological polar surface area (TPSA) is 9.86 Å². The van der Waals surface area contributed by atoms with Gasteiger partial charge in [0, 0.05) is 38.8 Å². The zero-order chi connectivity index (χ0) is 33.5. The highest BCUT2D eigenvalue weighted by atomic mass is 15.0. The van der Waals surface area contributed by atoms with Crippen LogP contribution in [-0.4, -0.2) is 9.13 Å². The second-order valence-electron chi connectivity index (χ2n) is 13.7. The number of hydrogen-bond donors (Lipinski definition) is 0. The predicted molar refractivity (Wildman–Crippen MR) is 213 cm³/mol. The van der Waals surface area contributed by atoms with Crippen LogP contribution in [0.4, 0.5) is 0 Å². The fourth-order valence-corrected chi connectivity index (χ4v) is 8.90. The van der Waals surface area contributed by atoms with Crippen molar-refractivity contribution in [2.24, 2.45) is 0 Å². The molecule has 8 aromatic carbocycles. The highest BCUT2D eigenvalue weighted by Crippen LogP contribution is 2.50. The summed E-state index contributed by atoms with van der Waals surface area (Å²) in [6, 6.07) is 69.3. The van der Waals surface area contributed by atoms with Gasteiger partial charge in [0.15, 0.2) is 0 Å². The van der Waals surface area contributed by atoms with E-state index in [4.69, 9.17) is 0 Å². The maximum Gasteiger partial charge on any atom is 0.0541 e. The molecule has 0 fully saturated rings. The van der Waals surface area contributed by atoms with Crippen LogP contribution in [0.5, 0.6) is 0 Å². The van der Waals surface area contributed by atoms with Crippen molar-refractivity contribution in [3.63, 3.8) is 0 Å². The molecule has 0 bridgehead atoms. The minimum atomic E-state index is 0.0948. The third kappa shape index (κ3) is 4.11. The summed E-state index contributed by atoms with van der Waals surface area (Å²) in [6.07, 6.45) is 0. The molecule has 0 saturated heterocycles. The first kappa shape index (κ1) is 28.2. The van der Waals surface area contributed by atoms with Crippen molar-refractivity contribution in [2.75, 3.05) is 0 Å². The maximum atomic E-state index is 2.46. The Hall–Kier alpha value is -6.64. The van der Waals surface area contributed by atoms with Gasteiger partial charge in [0.1, 0.15) is 0 Å². The molecule has 11 rings (SSSR count). The average molecular weight is 649 g/mol. The Morgan fingerprint density at radius 3 is 1.24 bits per heavy atom. The zero-order valence-corrected chi connectivity index (χ0v) is 27.9. The van der Waals surface area contributed by atoms with E-state index >= 15 is 0 Å². The van der Waals surface area contributed by atoms with Crippen LogP contribution in [-0.2, 0) is 0 Å². The van der Waals surface area contributed by atoms with Gasteiger partial charge in [-0.3, -0.25) is 0 Å². The molecule has 0 saturated carbocycles. The smallest absolute Gasteiger partial charge is 0.0541 e. The summed E-state index contributed by atoms with van der Waals surface area (Å²) in [5, 5.41) is 5.09. The van der Waals surface area contributed by atoms with Gasteiger partial charge < -0.3 is 9.13 Å². The Morgan fingerprint density at radius 2 is 0.725 bits per heavy atom. The molecular weight excluding hydrogens is 617 g/mol. The Balaban J connectivity index is 1.19. The van der Waals surface area contributed by atoms with Gasteiger partial charge in [-0.25, -0.2) is 0 Å². The van der Waals surface area contributed by atoms with Crippen molar-refractivity contribution in [1.29, 1.82) is 0 Å². The lowest BCUT2D eigenvalue weighted by Gasteiger charge is -2.22. The second-order valence-corrected chi connectivity index (χ2v) is 13.7. The van der Waals surface area contributed by atoms with Crippen LogP contribution in [0.25, 0.3) is 77.2 Å². The summed E-state index contributed by atoms with van der Waals surface area (Å²) in [5.41, 5.74) is 16.3. The molecule has 0 unspecified atom stereocenters. The molecule has 0 spiro atoms. The van der Waals surface area contributed by atoms with Crippen molar-refractivity contribution >= 4 is 43.6 Å². The predicted octanol–water partition coefficient (Wildman–Crippen LogP) is 12.7. The number of fused-ring (bicyclic) bond motifs is 9. The molecule has 0 amide bonds. The monoisotopic (exact) mass is 648 g/mol. The average Bonchev–Trinajstić information content (AvgIpc) is 3.84. The van der Waals surface area contributed by atoms with E-state index < -0.39 is 0 Å². The van der Waals surface area contributed by atoms with Crippen molar-refractivity contribution in [2.45, 2.75) is 5.92 Å².